The highest BCUT2D eigenvalue weighted by Gasteiger charge is 2.38. The van der Waals surface area contributed by atoms with Crippen LogP contribution in [0.5, 0.6) is 0 Å². The normalized spacial score (nSPS) is 27.7. The molecule has 5 heteroatoms. The van der Waals surface area contributed by atoms with E-state index >= 15 is 0 Å². The number of carbonyl (C=O) groups is 2. The van der Waals surface area contributed by atoms with Crippen LogP contribution >= 0.6 is 0 Å². The SMILES string of the molecule is CCOC(=O)[C@H]1CC[C@@H](N)[C@H](C(=O)OC(C)(C)C)C1. The summed E-state index contributed by atoms with van der Waals surface area (Å²) < 4.78 is 10.4. The Kier molecular flexibility index (Phi) is 5.35. The zero-order valence-corrected chi connectivity index (χ0v) is 12.3. The highest BCUT2D eigenvalue weighted by molar-refractivity contribution is 5.77. The van der Waals surface area contributed by atoms with Gasteiger partial charge in [0.1, 0.15) is 5.60 Å². The van der Waals surface area contributed by atoms with E-state index in [0.717, 1.165) is 0 Å². The Morgan fingerprint density at radius 2 is 1.84 bits per heavy atom. The van der Waals surface area contributed by atoms with E-state index in [4.69, 9.17) is 15.2 Å². The summed E-state index contributed by atoms with van der Waals surface area (Å²) in [6.45, 7) is 7.60. The average molecular weight is 271 g/mol. The standard InChI is InChI=1S/C14H25NO4/c1-5-18-12(16)9-6-7-11(15)10(8-9)13(17)19-14(2,3)4/h9-11H,5-8,15H2,1-4H3/t9-,10+,11+/m0/s1. The molecule has 1 saturated carbocycles. The first-order valence-electron chi connectivity index (χ1n) is 6.89. The van der Waals surface area contributed by atoms with Gasteiger partial charge >= 0.3 is 11.9 Å². The lowest BCUT2D eigenvalue weighted by atomic mass is 9.78. The number of esters is 2. The van der Waals surface area contributed by atoms with Crippen molar-refractivity contribution in [2.45, 2.75) is 58.6 Å². The summed E-state index contributed by atoms with van der Waals surface area (Å²) in [7, 11) is 0. The van der Waals surface area contributed by atoms with Crippen molar-refractivity contribution in [2.75, 3.05) is 6.61 Å². The maximum atomic E-state index is 12.1. The topological polar surface area (TPSA) is 78.6 Å². The van der Waals surface area contributed by atoms with Crippen LogP contribution in [0.4, 0.5) is 0 Å². The van der Waals surface area contributed by atoms with Gasteiger partial charge in [0.15, 0.2) is 0 Å². The molecular weight excluding hydrogens is 246 g/mol. The van der Waals surface area contributed by atoms with E-state index in [1.54, 1.807) is 6.92 Å². The summed E-state index contributed by atoms with van der Waals surface area (Å²) in [4.78, 5) is 23.8. The molecule has 0 amide bonds. The van der Waals surface area contributed by atoms with Gasteiger partial charge in [0.25, 0.3) is 0 Å². The van der Waals surface area contributed by atoms with E-state index in [1.165, 1.54) is 0 Å². The van der Waals surface area contributed by atoms with Gasteiger partial charge < -0.3 is 15.2 Å². The van der Waals surface area contributed by atoms with Gasteiger partial charge in [0.05, 0.1) is 18.4 Å². The van der Waals surface area contributed by atoms with Crippen LogP contribution in [-0.2, 0) is 19.1 Å². The largest absolute Gasteiger partial charge is 0.466 e. The number of hydrogen-bond acceptors (Lipinski definition) is 5. The maximum Gasteiger partial charge on any atom is 0.311 e. The number of rotatable bonds is 3. The summed E-state index contributed by atoms with van der Waals surface area (Å²) in [6.07, 6.45) is 1.75. The predicted octanol–water partition coefficient (Wildman–Crippen LogP) is 1.63. The molecular formula is C14H25NO4. The highest BCUT2D eigenvalue weighted by Crippen LogP contribution is 2.31. The first-order valence-corrected chi connectivity index (χ1v) is 6.89. The lowest BCUT2D eigenvalue weighted by Crippen LogP contribution is -2.44. The molecule has 5 nitrogen and oxygen atoms in total. The van der Waals surface area contributed by atoms with Crippen LogP contribution in [0.1, 0.15) is 47.0 Å². The van der Waals surface area contributed by atoms with E-state index < -0.39 is 11.5 Å². The zero-order valence-electron chi connectivity index (χ0n) is 12.3. The Bertz CT molecular complexity index is 335. The van der Waals surface area contributed by atoms with E-state index in [9.17, 15) is 9.59 Å². The van der Waals surface area contributed by atoms with Gasteiger partial charge in [0.2, 0.25) is 0 Å². The average Bonchev–Trinajstić information content (AvgIpc) is 2.27. The van der Waals surface area contributed by atoms with E-state index in [1.807, 2.05) is 20.8 Å². The monoisotopic (exact) mass is 271 g/mol. The highest BCUT2D eigenvalue weighted by atomic mass is 16.6. The van der Waals surface area contributed by atoms with Crippen molar-refractivity contribution in [3.63, 3.8) is 0 Å². The van der Waals surface area contributed by atoms with Gasteiger partial charge in [-0.05, 0) is 47.0 Å². The fourth-order valence-corrected chi connectivity index (χ4v) is 2.32. The summed E-state index contributed by atoms with van der Waals surface area (Å²) in [5, 5.41) is 0. The molecule has 0 aliphatic heterocycles. The quantitative estimate of drug-likeness (QED) is 0.789. The van der Waals surface area contributed by atoms with E-state index in [0.29, 0.717) is 25.9 Å². The van der Waals surface area contributed by atoms with E-state index in [2.05, 4.69) is 0 Å². The van der Waals surface area contributed by atoms with Gasteiger partial charge in [-0.25, -0.2) is 0 Å². The predicted molar refractivity (Wildman–Crippen MR) is 71.3 cm³/mol. The van der Waals surface area contributed by atoms with Crippen LogP contribution in [0.3, 0.4) is 0 Å². The maximum absolute atomic E-state index is 12.1. The Morgan fingerprint density at radius 1 is 1.21 bits per heavy atom. The van der Waals surface area contributed by atoms with Crippen LogP contribution in [-0.4, -0.2) is 30.2 Å². The molecule has 0 bridgehead atoms. The molecule has 0 saturated heterocycles. The van der Waals surface area contributed by atoms with Crippen molar-refractivity contribution in [3.05, 3.63) is 0 Å². The molecule has 1 fully saturated rings. The van der Waals surface area contributed by atoms with Crippen molar-refractivity contribution in [1.82, 2.24) is 0 Å². The number of hydrogen-bond donors (Lipinski definition) is 1. The summed E-state index contributed by atoms with van der Waals surface area (Å²) >= 11 is 0. The van der Waals surface area contributed by atoms with Crippen molar-refractivity contribution in [3.8, 4) is 0 Å². The van der Waals surface area contributed by atoms with Gasteiger partial charge in [-0.2, -0.15) is 0 Å². The fraction of sp³-hybridized carbons (Fsp3) is 0.857. The molecule has 0 heterocycles. The second kappa shape index (κ2) is 6.37. The molecule has 110 valence electrons. The Balaban J connectivity index is 2.65. The van der Waals surface area contributed by atoms with Crippen LogP contribution in [0.15, 0.2) is 0 Å². The molecule has 3 atom stereocenters. The first kappa shape index (κ1) is 16.0. The minimum absolute atomic E-state index is 0.233. The Labute approximate surface area is 114 Å². The number of nitrogens with two attached hydrogens (primary N) is 1. The molecule has 0 aromatic rings. The van der Waals surface area contributed by atoms with Gasteiger partial charge in [0, 0.05) is 6.04 Å². The molecule has 0 spiro atoms. The molecule has 1 aliphatic carbocycles. The third kappa shape index (κ3) is 4.82. The van der Waals surface area contributed by atoms with Crippen molar-refractivity contribution >= 4 is 11.9 Å². The Morgan fingerprint density at radius 3 is 2.37 bits per heavy atom. The molecule has 1 rings (SSSR count). The molecule has 19 heavy (non-hydrogen) atoms. The van der Waals surface area contributed by atoms with Gasteiger partial charge in [-0.15, -0.1) is 0 Å². The minimum Gasteiger partial charge on any atom is -0.466 e. The van der Waals surface area contributed by atoms with Gasteiger partial charge in [-0.3, -0.25) is 9.59 Å². The first-order chi connectivity index (χ1) is 8.74. The van der Waals surface area contributed by atoms with Crippen molar-refractivity contribution in [1.29, 1.82) is 0 Å². The molecule has 1 aliphatic rings. The summed E-state index contributed by atoms with van der Waals surface area (Å²) in [5.41, 5.74) is 5.45. The molecule has 0 unspecified atom stereocenters. The van der Waals surface area contributed by atoms with Gasteiger partial charge in [-0.1, -0.05) is 0 Å². The van der Waals surface area contributed by atoms with E-state index in [-0.39, 0.29) is 23.9 Å². The van der Waals surface area contributed by atoms with Crippen LogP contribution < -0.4 is 5.73 Å². The fourth-order valence-electron chi connectivity index (χ4n) is 2.32. The van der Waals surface area contributed by atoms with Crippen LogP contribution in [0.2, 0.25) is 0 Å². The number of carbonyl (C=O) groups excluding carboxylic acids is 2. The molecule has 2 N–H and O–H groups in total. The molecule has 0 radical (unpaired) electrons. The lowest BCUT2D eigenvalue weighted by Gasteiger charge is -2.33. The Hall–Kier alpha value is -1.10. The summed E-state index contributed by atoms with van der Waals surface area (Å²) in [5.74, 6) is -1.20. The summed E-state index contributed by atoms with van der Waals surface area (Å²) in [6, 6.07) is -0.236. The second-order valence-electron chi connectivity index (χ2n) is 6.07. The minimum atomic E-state index is -0.534. The van der Waals surface area contributed by atoms with Crippen LogP contribution in [0.25, 0.3) is 0 Å². The van der Waals surface area contributed by atoms with Crippen molar-refractivity contribution in [2.24, 2.45) is 17.6 Å². The number of ether oxygens (including phenoxy) is 2. The lowest BCUT2D eigenvalue weighted by molar-refractivity contribution is -0.164. The van der Waals surface area contributed by atoms with Crippen molar-refractivity contribution < 1.29 is 19.1 Å². The third-order valence-electron chi connectivity index (χ3n) is 3.23. The molecule has 0 aromatic carbocycles. The zero-order chi connectivity index (χ0) is 14.6. The van der Waals surface area contributed by atoms with Crippen LogP contribution in [0, 0.1) is 11.8 Å². The third-order valence-corrected chi connectivity index (χ3v) is 3.23. The molecule has 0 aromatic heterocycles. The smallest absolute Gasteiger partial charge is 0.311 e. The second-order valence-corrected chi connectivity index (χ2v) is 6.07.